The largest absolute Gasteiger partial charge is 0.321 e. The Bertz CT molecular complexity index is 1470. The zero-order valence-corrected chi connectivity index (χ0v) is 22.8. The summed E-state index contributed by atoms with van der Waals surface area (Å²) in [5.41, 5.74) is 12.3. The first kappa shape index (κ1) is 21.7. The van der Waals surface area contributed by atoms with Crippen molar-refractivity contribution in [1.82, 2.24) is 0 Å². The number of benzene rings is 1. The molecule has 0 radical (unpaired) electrons. The maximum Gasteiger partial charge on any atom is 0.0539 e. The van der Waals surface area contributed by atoms with Gasteiger partial charge >= 0.3 is 0 Å². The molecular formula is C25H26N2S5. The lowest BCUT2D eigenvalue weighted by atomic mass is 10.0. The molecule has 7 heteroatoms. The number of nitrogens with two attached hydrogens (primary N) is 2. The third kappa shape index (κ3) is 3.35. The van der Waals surface area contributed by atoms with Crippen LogP contribution in [0.4, 0.5) is 0 Å². The fourth-order valence-corrected chi connectivity index (χ4v) is 11.1. The molecule has 4 aromatic rings. The molecule has 0 spiro atoms. The molecule has 0 amide bonds. The minimum atomic E-state index is -0.325. The molecule has 2 atom stereocenters. The highest BCUT2D eigenvalue weighted by Crippen LogP contribution is 2.55. The summed E-state index contributed by atoms with van der Waals surface area (Å²) in [5.74, 6) is 0. The van der Waals surface area contributed by atoms with Crippen molar-refractivity contribution in [2.45, 2.75) is 56.2 Å². The molecule has 0 aliphatic carbocycles. The van der Waals surface area contributed by atoms with E-state index >= 15 is 0 Å². The Morgan fingerprint density at radius 3 is 2.09 bits per heavy atom. The molecule has 0 saturated carbocycles. The van der Waals surface area contributed by atoms with Crippen LogP contribution >= 0.6 is 57.5 Å². The van der Waals surface area contributed by atoms with E-state index in [0.29, 0.717) is 10.5 Å². The average molecular weight is 515 g/mol. The molecule has 166 valence electrons. The second-order valence-corrected chi connectivity index (χ2v) is 15.8. The minimum Gasteiger partial charge on any atom is -0.321 e. The van der Waals surface area contributed by atoms with Gasteiger partial charge in [-0.15, -0.1) is 57.5 Å². The molecule has 5 heterocycles. The molecule has 2 nitrogen and oxygen atoms in total. The lowest BCUT2D eigenvalue weighted by Crippen LogP contribution is -2.32. The van der Waals surface area contributed by atoms with Gasteiger partial charge in [-0.25, -0.2) is 0 Å². The highest BCUT2D eigenvalue weighted by Gasteiger charge is 2.38. The van der Waals surface area contributed by atoms with Crippen LogP contribution in [0.2, 0.25) is 0 Å². The molecule has 6 rings (SSSR count). The lowest BCUT2D eigenvalue weighted by molar-refractivity contribution is 0.567. The summed E-state index contributed by atoms with van der Waals surface area (Å²) in [7, 11) is 0. The molecule has 0 saturated heterocycles. The van der Waals surface area contributed by atoms with Gasteiger partial charge in [0.1, 0.15) is 0 Å². The van der Waals surface area contributed by atoms with E-state index in [9.17, 15) is 0 Å². The van der Waals surface area contributed by atoms with Gasteiger partial charge in [0.25, 0.3) is 0 Å². The molecule has 3 aromatic heterocycles. The van der Waals surface area contributed by atoms with Gasteiger partial charge in [0, 0.05) is 66.9 Å². The predicted octanol–water partition coefficient (Wildman–Crippen LogP) is 8.03. The van der Waals surface area contributed by atoms with E-state index in [1.54, 1.807) is 0 Å². The van der Waals surface area contributed by atoms with Gasteiger partial charge in [-0.2, -0.15) is 0 Å². The first-order valence-electron chi connectivity index (χ1n) is 10.7. The van der Waals surface area contributed by atoms with Gasteiger partial charge in [0.2, 0.25) is 0 Å². The maximum atomic E-state index is 6.50. The lowest BCUT2D eigenvalue weighted by Gasteiger charge is -2.20. The summed E-state index contributed by atoms with van der Waals surface area (Å²) in [6.07, 6.45) is 4.86. The van der Waals surface area contributed by atoms with Gasteiger partial charge < -0.3 is 11.5 Å². The fraction of sp³-hybridized carbons (Fsp3) is 0.360. The van der Waals surface area contributed by atoms with Crippen molar-refractivity contribution in [3.05, 3.63) is 49.9 Å². The van der Waals surface area contributed by atoms with E-state index in [-0.39, 0.29) is 11.1 Å². The summed E-state index contributed by atoms with van der Waals surface area (Å²) in [4.78, 5) is 6.75. The van der Waals surface area contributed by atoms with E-state index < -0.39 is 0 Å². The third-order valence-corrected chi connectivity index (χ3v) is 13.2. The first-order valence-corrected chi connectivity index (χ1v) is 14.9. The number of hydrogen-bond donors (Lipinski definition) is 2. The van der Waals surface area contributed by atoms with Gasteiger partial charge in [-0.1, -0.05) is 12.2 Å². The van der Waals surface area contributed by atoms with Crippen molar-refractivity contribution < 1.29 is 0 Å². The Hall–Kier alpha value is -0.800. The summed E-state index contributed by atoms with van der Waals surface area (Å²) < 4.78 is 4.20. The van der Waals surface area contributed by atoms with Crippen LogP contribution in [-0.4, -0.2) is 16.0 Å². The summed E-state index contributed by atoms with van der Waals surface area (Å²) in [6, 6.07) is 7.13. The van der Waals surface area contributed by atoms with Crippen LogP contribution < -0.4 is 11.5 Å². The molecule has 0 bridgehead atoms. The fourth-order valence-electron chi connectivity index (χ4n) is 4.41. The van der Waals surface area contributed by atoms with Gasteiger partial charge in [0.15, 0.2) is 0 Å². The standard InChI is InChI=1S/C25H26N2S5/c1-11-6-12-13-7-15(16-9-17-18(29-16)10-20(30-17)25(4,5)27)31-22(13)23-14(21(12)28-11)8-19(32-23)24(2,3)26/h6-10,17-18H,26-27H2,1-5H3. The van der Waals surface area contributed by atoms with Crippen LogP contribution in [0.5, 0.6) is 0 Å². The van der Waals surface area contributed by atoms with Crippen molar-refractivity contribution in [1.29, 1.82) is 0 Å². The molecule has 1 aromatic carbocycles. The van der Waals surface area contributed by atoms with Gasteiger partial charge in [0.05, 0.1) is 9.40 Å². The van der Waals surface area contributed by atoms with Crippen molar-refractivity contribution in [2.24, 2.45) is 11.5 Å². The smallest absolute Gasteiger partial charge is 0.0539 e. The number of thioether (sulfide) groups is 2. The van der Waals surface area contributed by atoms with Gasteiger partial charge in [-0.3, -0.25) is 0 Å². The van der Waals surface area contributed by atoms with Crippen molar-refractivity contribution in [2.75, 3.05) is 0 Å². The Morgan fingerprint density at radius 2 is 1.41 bits per heavy atom. The number of hydrogen-bond acceptors (Lipinski definition) is 7. The monoisotopic (exact) mass is 514 g/mol. The first-order chi connectivity index (χ1) is 15.0. The van der Waals surface area contributed by atoms with Crippen LogP contribution in [0.1, 0.15) is 42.3 Å². The summed E-state index contributed by atoms with van der Waals surface area (Å²) in [6.45, 7) is 10.6. The average Bonchev–Trinajstić information content (AvgIpc) is 3.43. The Balaban J connectivity index is 1.49. The van der Waals surface area contributed by atoms with Crippen LogP contribution in [-0.2, 0) is 5.54 Å². The topological polar surface area (TPSA) is 52.0 Å². The zero-order valence-electron chi connectivity index (χ0n) is 18.7. The normalized spacial score (nSPS) is 21.7. The van der Waals surface area contributed by atoms with E-state index in [1.165, 1.54) is 54.7 Å². The van der Waals surface area contributed by atoms with E-state index in [1.807, 2.05) is 57.5 Å². The predicted molar refractivity (Wildman–Crippen MR) is 152 cm³/mol. The summed E-state index contributed by atoms with van der Waals surface area (Å²) >= 11 is 9.67. The number of fused-ring (bicyclic) bond motifs is 7. The van der Waals surface area contributed by atoms with Crippen LogP contribution in [0, 0.1) is 6.92 Å². The van der Waals surface area contributed by atoms with Crippen LogP contribution in [0.25, 0.3) is 35.2 Å². The molecule has 0 fully saturated rings. The molecule has 2 unspecified atom stereocenters. The van der Waals surface area contributed by atoms with Crippen LogP contribution in [0.15, 0.2) is 35.3 Å². The van der Waals surface area contributed by atoms with E-state index in [2.05, 4.69) is 65.0 Å². The summed E-state index contributed by atoms with van der Waals surface area (Å²) in [5, 5.41) is 5.14. The number of thiophene rings is 3. The minimum absolute atomic E-state index is 0.247. The number of rotatable bonds is 3. The molecule has 2 aliphatic heterocycles. The number of aryl methyl sites for hydroxylation is 1. The Morgan fingerprint density at radius 1 is 0.719 bits per heavy atom. The highest BCUT2D eigenvalue weighted by molar-refractivity contribution is 8.12. The van der Waals surface area contributed by atoms with Crippen molar-refractivity contribution in [3.63, 3.8) is 0 Å². The molecular weight excluding hydrogens is 489 g/mol. The Kier molecular flexibility index (Phi) is 4.82. The quantitative estimate of drug-likeness (QED) is 0.290. The van der Waals surface area contributed by atoms with Gasteiger partial charge in [-0.05, 0) is 52.8 Å². The van der Waals surface area contributed by atoms with Crippen molar-refractivity contribution >= 4 is 92.7 Å². The Labute approximate surface area is 209 Å². The SMILES string of the molecule is Cc1cc2c3cc(C4=CC5SC(C(C)(C)N)=CC5S4)sc3c3sc(C(C)(C)N)cc3c2s1. The van der Waals surface area contributed by atoms with Crippen LogP contribution in [0.3, 0.4) is 0 Å². The van der Waals surface area contributed by atoms with E-state index in [0.717, 1.165) is 0 Å². The second-order valence-electron chi connectivity index (χ2n) is 9.98. The molecule has 2 aliphatic rings. The third-order valence-electron chi connectivity index (χ3n) is 6.05. The molecule has 32 heavy (non-hydrogen) atoms. The van der Waals surface area contributed by atoms with Crippen molar-refractivity contribution in [3.8, 4) is 0 Å². The molecule has 4 N–H and O–H groups in total. The highest BCUT2D eigenvalue weighted by atomic mass is 32.2. The van der Waals surface area contributed by atoms with E-state index in [4.69, 9.17) is 11.5 Å². The zero-order chi connectivity index (χ0) is 22.6. The maximum absolute atomic E-state index is 6.50. The second kappa shape index (κ2) is 7.11.